The smallest absolute Gasteiger partial charge is 0.0723 e. The van der Waals surface area contributed by atoms with Gasteiger partial charge in [-0.15, -0.1) is 0 Å². The van der Waals surface area contributed by atoms with Crippen LogP contribution in [0.3, 0.4) is 0 Å². The molecule has 1 aliphatic rings. The second-order valence-corrected chi connectivity index (χ2v) is 5.99. The summed E-state index contributed by atoms with van der Waals surface area (Å²) in [5, 5.41) is 3.50. The van der Waals surface area contributed by atoms with Gasteiger partial charge in [-0.05, 0) is 39.3 Å². The molecule has 0 radical (unpaired) electrons. The number of rotatable bonds is 6. The van der Waals surface area contributed by atoms with Crippen LogP contribution in [0.4, 0.5) is 5.69 Å². The van der Waals surface area contributed by atoms with Crippen LogP contribution in [-0.2, 0) is 11.3 Å². The van der Waals surface area contributed by atoms with Gasteiger partial charge in [0.2, 0.25) is 0 Å². The van der Waals surface area contributed by atoms with Gasteiger partial charge in [-0.25, -0.2) is 0 Å². The number of nitrogens with zero attached hydrogens (tertiary/aromatic N) is 2. The van der Waals surface area contributed by atoms with Crippen molar-refractivity contribution in [3.8, 4) is 0 Å². The van der Waals surface area contributed by atoms with Crippen LogP contribution in [0.5, 0.6) is 0 Å². The Balaban J connectivity index is 2.24. The van der Waals surface area contributed by atoms with Gasteiger partial charge in [0.1, 0.15) is 0 Å². The van der Waals surface area contributed by atoms with E-state index in [9.17, 15) is 0 Å². The Morgan fingerprint density at radius 1 is 1.43 bits per heavy atom. The molecule has 1 aromatic heterocycles. The molecule has 0 amide bonds. The standard InChI is InChI=1S/C17H29N3O/c1-5-7-18-9-15-10-19-13(3)8-17(15)20-11-14(4)21-12-16(20)6-2/h8,10,14,16,18H,5-7,9,11-12H2,1-4H3. The van der Waals surface area contributed by atoms with Crippen molar-refractivity contribution in [3.05, 3.63) is 23.5 Å². The molecule has 0 saturated carbocycles. The number of nitrogens with one attached hydrogen (secondary N) is 1. The molecule has 4 nitrogen and oxygen atoms in total. The Hall–Kier alpha value is -1.13. The van der Waals surface area contributed by atoms with Gasteiger partial charge >= 0.3 is 0 Å². The van der Waals surface area contributed by atoms with Crippen LogP contribution < -0.4 is 10.2 Å². The van der Waals surface area contributed by atoms with Crippen LogP contribution in [0, 0.1) is 6.92 Å². The Bertz CT molecular complexity index is 450. The van der Waals surface area contributed by atoms with Crippen molar-refractivity contribution in [2.75, 3.05) is 24.6 Å². The van der Waals surface area contributed by atoms with Gasteiger partial charge in [0.05, 0.1) is 18.8 Å². The van der Waals surface area contributed by atoms with Crippen LogP contribution in [0.15, 0.2) is 12.3 Å². The average molecular weight is 291 g/mol. The summed E-state index contributed by atoms with van der Waals surface area (Å²) in [6.07, 6.45) is 4.58. The van der Waals surface area contributed by atoms with Gasteiger partial charge in [0.15, 0.2) is 0 Å². The maximum absolute atomic E-state index is 5.83. The van der Waals surface area contributed by atoms with E-state index in [0.29, 0.717) is 6.04 Å². The lowest BCUT2D eigenvalue weighted by molar-refractivity contribution is 0.0299. The Kier molecular flexibility index (Phi) is 6.00. The summed E-state index contributed by atoms with van der Waals surface area (Å²) in [6.45, 7) is 12.4. The van der Waals surface area contributed by atoms with E-state index in [0.717, 1.165) is 44.8 Å². The van der Waals surface area contributed by atoms with Crippen LogP contribution >= 0.6 is 0 Å². The van der Waals surface area contributed by atoms with Gasteiger partial charge in [-0.1, -0.05) is 13.8 Å². The second-order valence-electron chi connectivity index (χ2n) is 5.99. The summed E-state index contributed by atoms with van der Waals surface area (Å²) in [5.74, 6) is 0. The van der Waals surface area contributed by atoms with Crippen molar-refractivity contribution in [1.82, 2.24) is 10.3 Å². The van der Waals surface area contributed by atoms with Gasteiger partial charge < -0.3 is 15.0 Å². The highest BCUT2D eigenvalue weighted by Gasteiger charge is 2.27. The quantitative estimate of drug-likeness (QED) is 0.818. The predicted molar refractivity (Wildman–Crippen MR) is 87.8 cm³/mol. The molecule has 0 bridgehead atoms. The first-order chi connectivity index (χ1) is 10.2. The van der Waals surface area contributed by atoms with Crippen LogP contribution in [0.1, 0.15) is 44.9 Å². The Morgan fingerprint density at radius 2 is 2.24 bits per heavy atom. The minimum Gasteiger partial charge on any atom is -0.375 e. The average Bonchev–Trinajstić information content (AvgIpc) is 2.49. The van der Waals surface area contributed by atoms with E-state index in [1.807, 2.05) is 6.20 Å². The Morgan fingerprint density at radius 3 is 2.95 bits per heavy atom. The maximum atomic E-state index is 5.83. The van der Waals surface area contributed by atoms with Gasteiger partial charge in [0, 0.05) is 36.2 Å². The molecule has 0 spiro atoms. The maximum Gasteiger partial charge on any atom is 0.0723 e. The van der Waals surface area contributed by atoms with Crippen molar-refractivity contribution in [2.24, 2.45) is 0 Å². The largest absolute Gasteiger partial charge is 0.375 e. The molecule has 1 N–H and O–H groups in total. The van der Waals surface area contributed by atoms with Crippen molar-refractivity contribution < 1.29 is 4.74 Å². The van der Waals surface area contributed by atoms with E-state index in [-0.39, 0.29) is 6.10 Å². The molecular weight excluding hydrogens is 262 g/mol. The van der Waals surface area contributed by atoms with Crippen molar-refractivity contribution in [2.45, 2.75) is 59.2 Å². The van der Waals surface area contributed by atoms with E-state index in [4.69, 9.17) is 4.74 Å². The van der Waals surface area contributed by atoms with Gasteiger partial charge in [0.25, 0.3) is 0 Å². The molecule has 1 fully saturated rings. The molecule has 2 atom stereocenters. The summed E-state index contributed by atoms with van der Waals surface area (Å²) < 4.78 is 5.83. The zero-order valence-corrected chi connectivity index (χ0v) is 13.9. The number of aryl methyl sites for hydroxylation is 1. The lowest BCUT2D eigenvalue weighted by atomic mass is 10.1. The van der Waals surface area contributed by atoms with Crippen molar-refractivity contribution in [1.29, 1.82) is 0 Å². The number of morpholine rings is 1. The SMILES string of the molecule is CCCNCc1cnc(C)cc1N1CC(C)OCC1CC. The summed E-state index contributed by atoms with van der Waals surface area (Å²) in [5.41, 5.74) is 3.70. The summed E-state index contributed by atoms with van der Waals surface area (Å²) in [7, 11) is 0. The summed E-state index contributed by atoms with van der Waals surface area (Å²) in [6, 6.07) is 2.69. The molecule has 1 saturated heterocycles. The van der Waals surface area contributed by atoms with E-state index in [1.165, 1.54) is 11.3 Å². The molecule has 118 valence electrons. The fourth-order valence-corrected chi connectivity index (χ4v) is 2.85. The first-order valence-electron chi connectivity index (χ1n) is 8.20. The van der Waals surface area contributed by atoms with E-state index >= 15 is 0 Å². The van der Waals surface area contributed by atoms with Crippen molar-refractivity contribution in [3.63, 3.8) is 0 Å². The van der Waals surface area contributed by atoms with Gasteiger partial charge in [-0.3, -0.25) is 4.98 Å². The van der Waals surface area contributed by atoms with Crippen molar-refractivity contribution >= 4 is 5.69 Å². The van der Waals surface area contributed by atoms with Crippen LogP contribution in [-0.4, -0.2) is 36.8 Å². The third-order valence-corrected chi connectivity index (χ3v) is 4.09. The topological polar surface area (TPSA) is 37.4 Å². The fourth-order valence-electron chi connectivity index (χ4n) is 2.85. The first-order valence-corrected chi connectivity index (χ1v) is 8.20. The lowest BCUT2D eigenvalue weighted by Gasteiger charge is -2.41. The highest BCUT2D eigenvalue weighted by molar-refractivity contribution is 5.55. The zero-order valence-electron chi connectivity index (χ0n) is 13.9. The molecular formula is C17H29N3O. The van der Waals surface area contributed by atoms with E-state index in [1.54, 1.807) is 0 Å². The molecule has 2 unspecified atom stereocenters. The highest BCUT2D eigenvalue weighted by Crippen LogP contribution is 2.27. The number of pyridine rings is 1. The minimum atomic E-state index is 0.290. The van der Waals surface area contributed by atoms with Gasteiger partial charge in [-0.2, -0.15) is 0 Å². The normalized spacial score (nSPS) is 22.6. The molecule has 0 aromatic carbocycles. The molecule has 0 aliphatic carbocycles. The summed E-state index contributed by atoms with van der Waals surface area (Å²) >= 11 is 0. The molecule has 1 aromatic rings. The van der Waals surface area contributed by atoms with E-state index < -0.39 is 0 Å². The Labute approximate surface area is 128 Å². The third kappa shape index (κ3) is 4.17. The second kappa shape index (κ2) is 7.76. The monoisotopic (exact) mass is 291 g/mol. The molecule has 2 heterocycles. The molecule has 1 aliphatic heterocycles. The lowest BCUT2D eigenvalue weighted by Crippen LogP contribution is -2.49. The number of ether oxygens (including phenoxy) is 1. The highest BCUT2D eigenvalue weighted by atomic mass is 16.5. The fraction of sp³-hybridized carbons (Fsp3) is 0.706. The molecule has 4 heteroatoms. The minimum absolute atomic E-state index is 0.290. The predicted octanol–water partition coefficient (Wildman–Crippen LogP) is 2.89. The number of aromatic nitrogens is 1. The molecule has 21 heavy (non-hydrogen) atoms. The first kappa shape index (κ1) is 16.2. The van der Waals surface area contributed by atoms with Crippen LogP contribution in [0.2, 0.25) is 0 Å². The number of hydrogen-bond donors (Lipinski definition) is 1. The number of hydrogen-bond acceptors (Lipinski definition) is 4. The van der Waals surface area contributed by atoms with E-state index in [2.05, 4.69) is 49.0 Å². The zero-order chi connectivity index (χ0) is 15.2. The third-order valence-electron chi connectivity index (χ3n) is 4.09. The molecule has 2 rings (SSSR count). The van der Waals surface area contributed by atoms with Crippen LogP contribution in [0.25, 0.3) is 0 Å². The summed E-state index contributed by atoms with van der Waals surface area (Å²) in [4.78, 5) is 7.00. The number of anilines is 1.